The predicted molar refractivity (Wildman–Crippen MR) is 92.8 cm³/mol. The summed E-state index contributed by atoms with van der Waals surface area (Å²) >= 11 is 0. The van der Waals surface area contributed by atoms with Gasteiger partial charge in [-0.25, -0.2) is 0 Å². The maximum Gasteiger partial charge on any atom is 0.416 e. The molecule has 0 radical (unpaired) electrons. The van der Waals surface area contributed by atoms with E-state index in [0.29, 0.717) is 18.7 Å². The smallest absolute Gasteiger partial charge is 0.349 e. The van der Waals surface area contributed by atoms with Crippen molar-refractivity contribution in [3.8, 4) is 0 Å². The number of benzene rings is 2. The van der Waals surface area contributed by atoms with Crippen molar-refractivity contribution in [3.05, 3.63) is 70.8 Å². The molecule has 0 amide bonds. The van der Waals surface area contributed by atoms with E-state index in [9.17, 15) is 26.3 Å². The molecular weight excluding hydrogens is 400 g/mol. The topological polar surface area (TPSA) is 30.5 Å². The highest BCUT2D eigenvalue weighted by Crippen LogP contribution is 2.36. The molecule has 1 heterocycles. The van der Waals surface area contributed by atoms with Gasteiger partial charge in [-0.1, -0.05) is 30.3 Å². The average molecular weight is 419 g/mol. The first-order valence-electron chi connectivity index (χ1n) is 8.86. The highest BCUT2D eigenvalue weighted by molar-refractivity contribution is 5.33. The highest BCUT2D eigenvalue weighted by atomic mass is 19.4. The molecule has 3 atom stereocenters. The molecule has 0 aliphatic carbocycles. The summed E-state index contributed by atoms with van der Waals surface area (Å²) in [4.78, 5) is 0. The van der Waals surface area contributed by atoms with Gasteiger partial charge in [-0.15, -0.1) is 0 Å². The van der Waals surface area contributed by atoms with Crippen LogP contribution in [-0.2, 0) is 28.4 Å². The van der Waals surface area contributed by atoms with E-state index < -0.39 is 42.4 Å². The zero-order valence-corrected chi connectivity index (χ0v) is 15.3. The normalized spacial score (nSPS) is 23.2. The molecule has 1 fully saturated rings. The standard InChI is InChI=1S/C20H19F6NO2/c1-12-10-28-18(17(27-12)14-5-3-2-4-6-14)29-11-13-7-15(19(21,22)23)9-16(8-13)20(24,25)26/h2-9,12,17-18,27H,10-11H2,1H3/t12-,17-,18+/m1/s1. The average Bonchev–Trinajstić information content (AvgIpc) is 2.66. The van der Waals surface area contributed by atoms with Crippen molar-refractivity contribution >= 4 is 0 Å². The van der Waals surface area contributed by atoms with Crippen molar-refractivity contribution in [2.45, 2.75) is 44.3 Å². The Morgan fingerprint density at radius 1 is 0.966 bits per heavy atom. The van der Waals surface area contributed by atoms with Gasteiger partial charge >= 0.3 is 12.4 Å². The molecule has 0 unspecified atom stereocenters. The van der Waals surface area contributed by atoms with E-state index in [4.69, 9.17) is 9.47 Å². The second-order valence-corrected chi connectivity index (χ2v) is 6.88. The summed E-state index contributed by atoms with van der Waals surface area (Å²) in [6.07, 6.45) is -10.7. The quantitative estimate of drug-likeness (QED) is 0.681. The number of alkyl halides is 6. The molecule has 1 saturated heterocycles. The largest absolute Gasteiger partial charge is 0.416 e. The Kier molecular flexibility index (Phi) is 6.21. The number of halogens is 6. The maximum absolute atomic E-state index is 13.0. The Balaban J connectivity index is 1.82. The summed E-state index contributed by atoms with van der Waals surface area (Å²) < 4.78 is 89.3. The third-order valence-electron chi connectivity index (χ3n) is 4.47. The first-order chi connectivity index (χ1) is 13.5. The van der Waals surface area contributed by atoms with Gasteiger partial charge in [0.05, 0.1) is 30.4 Å². The van der Waals surface area contributed by atoms with Crippen molar-refractivity contribution in [2.24, 2.45) is 0 Å². The lowest BCUT2D eigenvalue weighted by atomic mass is 10.0. The van der Waals surface area contributed by atoms with Crippen LogP contribution in [0.15, 0.2) is 48.5 Å². The summed E-state index contributed by atoms with van der Waals surface area (Å²) in [5, 5.41) is 3.28. The lowest BCUT2D eigenvalue weighted by molar-refractivity contribution is -0.192. The third kappa shape index (κ3) is 5.49. The van der Waals surface area contributed by atoms with Crippen LogP contribution >= 0.6 is 0 Å². The summed E-state index contributed by atoms with van der Waals surface area (Å²) in [5.41, 5.74) is -2.14. The van der Waals surface area contributed by atoms with Gasteiger partial charge in [-0.3, -0.25) is 0 Å². The summed E-state index contributed by atoms with van der Waals surface area (Å²) in [7, 11) is 0. The molecule has 0 bridgehead atoms. The number of rotatable bonds is 4. The number of hydrogen-bond acceptors (Lipinski definition) is 3. The van der Waals surface area contributed by atoms with Crippen molar-refractivity contribution in [2.75, 3.05) is 6.61 Å². The fourth-order valence-electron chi connectivity index (χ4n) is 3.11. The van der Waals surface area contributed by atoms with E-state index in [1.165, 1.54) is 0 Å². The summed E-state index contributed by atoms with van der Waals surface area (Å²) in [6, 6.07) is 10.1. The number of morpholine rings is 1. The van der Waals surface area contributed by atoms with Gasteiger partial charge in [0.15, 0.2) is 6.29 Å². The monoisotopic (exact) mass is 419 g/mol. The SMILES string of the molecule is C[C@@H]1CO[C@@H](OCc2cc(C(F)(F)F)cc(C(F)(F)F)c2)[C@@H](c2ccccc2)N1. The minimum absolute atomic E-state index is 0.00504. The third-order valence-corrected chi connectivity index (χ3v) is 4.47. The van der Waals surface area contributed by atoms with Crippen molar-refractivity contribution in [3.63, 3.8) is 0 Å². The van der Waals surface area contributed by atoms with Crippen LogP contribution in [0.4, 0.5) is 26.3 Å². The molecule has 29 heavy (non-hydrogen) atoms. The molecule has 3 nitrogen and oxygen atoms in total. The van der Waals surface area contributed by atoms with Gasteiger partial charge in [0, 0.05) is 6.04 Å². The number of nitrogens with one attached hydrogen (secondary N) is 1. The highest BCUT2D eigenvalue weighted by Gasteiger charge is 2.37. The van der Waals surface area contributed by atoms with Crippen LogP contribution in [0.25, 0.3) is 0 Å². The predicted octanol–water partition coefficient (Wildman–Crippen LogP) is 5.32. The van der Waals surface area contributed by atoms with Crippen molar-refractivity contribution in [1.82, 2.24) is 5.32 Å². The van der Waals surface area contributed by atoms with Crippen LogP contribution in [-0.4, -0.2) is 18.9 Å². The van der Waals surface area contributed by atoms with Gasteiger partial charge in [0.2, 0.25) is 0 Å². The molecule has 0 spiro atoms. The van der Waals surface area contributed by atoms with Crippen molar-refractivity contribution in [1.29, 1.82) is 0 Å². The van der Waals surface area contributed by atoms with E-state index in [0.717, 1.165) is 5.56 Å². The molecule has 0 saturated carbocycles. The molecule has 2 aromatic rings. The van der Waals surface area contributed by atoms with Crippen LogP contribution in [0.5, 0.6) is 0 Å². The molecule has 158 valence electrons. The van der Waals surface area contributed by atoms with Gasteiger partial charge in [-0.05, 0) is 36.2 Å². The van der Waals surface area contributed by atoms with Gasteiger partial charge < -0.3 is 14.8 Å². The first-order valence-corrected chi connectivity index (χ1v) is 8.86. The van der Waals surface area contributed by atoms with E-state index in [2.05, 4.69) is 5.32 Å². The number of hydrogen-bond donors (Lipinski definition) is 1. The Bertz CT molecular complexity index is 790. The summed E-state index contributed by atoms with van der Waals surface area (Å²) in [6.45, 7) is 1.73. The second kappa shape index (κ2) is 8.33. The van der Waals surface area contributed by atoms with E-state index >= 15 is 0 Å². The Labute approximate surface area is 163 Å². The molecule has 2 aromatic carbocycles. The zero-order valence-electron chi connectivity index (χ0n) is 15.3. The van der Waals surface area contributed by atoms with Crippen LogP contribution < -0.4 is 5.32 Å². The summed E-state index contributed by atoms with van der Waals surface area (Å²) in [5.74, 6) is 0. The fourth-order valence-corrected chi connectivity index (χ4v) is 3.11. The van der Waals surface area contributed by atoms with Crippen molar-refractivity contribution < 1.29 is 35.8 Å². The molecule has 3 rings (SSSR count). The van der Waals surface area contributed by atoms with E-state index in [-0.39, 0.29) is 17.7 Å². The van der Waals surface area contributed by atoms with Gasteiger partial charge in [-0.2, -0.15) is 26.3 Å². The van der Waals surface area contributed by atoms with E-state index in [1.54, 1.807) is 0 Å². The molecule has 1 aliphatic rings. The van der Waals surface area contributed by atoms with Gasteiger partial charge in [0.25, 0.3) is 0 Å². The Morgan fingerprint density at radius 3 is 2.10 bits per heavy atom. The Morgan fingerprint density at radius 2 is 1.55 bits per heavy atom. The molecule has 9 heteroatoms. The lowest BCUT2D eigenvalue weighted by Crippen LogP contribution is -2.48. The lowest BCUT2D eigenvalue weighted by Gasteiger charge is -2.36. The minimum Gasteiger partial charge on any atom is -0.349 e. The minimum atomic E-state index is -4.90. The Hall–Kier alpha value is -2.10. The van der Waals surface area contributed by atoms with Crippen LogP contribution in [0.2, 0.25) is 0 Å². The molecule has 1 N–H and O–H groups in total. The number of ether oxygens (including phenoxy) is 2. The second-order valence-electron chi connectivity index (χ2n) is 6.88. The molecular formula is C20H19F6NO2. The first kappa shape index (κ1) is 21.6. The molecule has 0 aromatic heterocycles. The van der Waals surface area contributed by atoms with Gasteiger partial charge in [0.1, 0.15) is 0 Å². The van der Waals surface area contributed by atoms with Crippen LogP contribution in [0.1, 0.15) is 35.2 Å². The molecule has 1 aliphatic heterocycles. The van der Waals surface area contributed by atoms with Crippen LogP contribution in [0, 0.1) is 0 Å². The van der Waals surface area contributed by atoms with E-state index in [1.807, 2.05) is 37.3 Å². The fraction of sp³-hybridized carbons (Fsp3) is 0.400. The van der Waals surface area contributed by atoms with Crippen LogP contribution in [0.3, 0.4) is 0 Å². The maximum atomic E-state index is 13.0. The zero-order chi connectivity index (χ0) is 21.2.